The van der Waals surface area contributed by atoms with Gasteiger partial charge in [0, 0.05) is 37.6 Å². The Morgan fingerprint density at radius 2 is 1.60 bits per heavy atom. The number of imide groups is 1. The van der Waals surface area contributed by atoms with Crippen molar-refractivity contribution in [2.24, 2.45) is 5.92 Å². The molecule has 1 fully saturated rings. The average Bonchev–Trinajstić information content (AvgIpc) is 3.05. The average molecular weight is 419 g/mol. The van der Waals surface area contributed by atoms with Crippen molar-refractivity contribution >= 4 is 23.6 Å². The molecule has 0 saturated carbocycles. The largest absolute Gasteiger partial charge is 0.497 e. The minimum Gasteiger partial charge on any atom is -0.497 e. The standard InChI is InChI=1S/C21H29N3O6/c1-13(2)19(21(28)22-8-5-9-24-17(25)6-7-18(24)26)23-20(27)14-10-15(29-3)12-16(11-14)30-4/h10-13,19H,5-9H2,1-4H3,(H,22,28)(H,23,27). The van der Waals surface area contributed by atoms with Gasteiger partial charge in [-0.05, 0) is 24.5 Å². The molecule has 9 heteroatoms. The molecular formula is C21H29N3O6. The summed E-state index contributed by atoms with van der Waals surface area (Å²) in [6.07, 6.45) is 0.957. The molecule has 0 bridgehead atoms. The van der Waals surface area contributed by atoms with Crippen molar-refractivity contribution in [1.82, 2.24) is 15.5 Å². The molecule has 164 valence electrons. The number of carbonyl (C=O) groups is 4. The van der Waals surface area contributed by atoms with Crippen molar-refractivity contribution in [3.63, 3.8) is 0 Å². The van der Waals surface area contributed by atoms with Gasteiger partial charge in [-0.25, -0.2) is 0 Å². The second-order valence-electron chi connectivity index (χ2n) is 7.38. The maximum Gasteiger partial charge on any atom is 0.252 e. The van der Waals surface area contributed by atoms with Crippen molar-refractivity contribution in [2.45, 2.75) is 39.2 Å². The smallest absolute Gasteiger partial charge is 0.252 e. The van der Waals surface area contributed by atoms with Crippen LogP contribution in [0.15, 0.2) is 18.2 Å². The predicted molar refractivity (Wildman–Crippen MR) is 109 cm³/mol. The fourth-order valence-corrected chi connectivity index (χ4v) is 3.13. The van der Waals surface area contributed by atoms with E-state index in [2.05, 4.69) is 10.6 Å². The number of hydrogen-bond donors (Lipinski definition) is 2. The Kier molecular flexibility index (Phi) is 8.20. The zero-order valence-electron chi connectivity index (χ0n) is 17.8. The molecule has 30 heavy (non-hydrogen) atoms. The molecule has 1 heterocycles. The predicted octanol–water partition coefficient (Wildman–Crippen LogP) is 1.11. The van der Waals surface area contributed by atoms with Gasteiger partial charge in [0.2, 0.25) is 17.7 Å². The lowest BCUT2D eigenvalue weighted by atomic mass is 10.0. The molecule has 0 radical (unpaired) electrons. The summed E-state index contributed by atoms with van der Waals surface area (Å²) in [6, 6.07) is 4.04. The molecule has 1 aliphatic heterocycles. The summed E-state index contributed by atoms with van der Waals surface area (Å²) < 4.78 is 10.4. The van der Waals surface area contributed by atoms with Crippen molar-refractivity contribution in [3.8, 4) is 11.5 Å². The Morgan fingerprint density at radius 1 is 1.03 bits per heavy atom. The molecule has 1 saturated heterocycles. The Bertz CT molecular complexity index is 770. The first-order valence-electron chi connectivity index (χ1n) is 9.91. The van der Waals surface area contributed by atoms with Crippen LogP contribution in [0, 0.1) is 5.92 Å². The van der Waals surface area contributed by atoms with E-state index < -0.39 is 11.9 Å². The van der Waals surface area contributed by atoms with E-state index in [4.69, 9.17) is 9.47 Å². The van der Waals surface area contributed by atoms with Crippen LogP contribution in [-0.4, -0.2) is 61.9 Å². The maximum absolute atomic E-state index is 12.7. The van der Waals surface area contributed by atoms with E-state index in [0.717, 1.165) is 0 Å². The van der Waals surface area contributed by atoms with Gasteiger partial charge in [0.25, 0.3) is 5.91 Å². The van der Waals surface area contributed by atoms with Gasteiger partial charge >= 0.3 is 0 Å². The second kappa shape index (κ2) is 10.6. The summed E-state index contributed by atoms with van der Waals surface area (Å²) in [5.41, 5.74) is 0.315. The third-order valence-electron chi connectivity index (χ3n) is 4.86. The van der Waals surface area contributed by atoms with E-state index >= 15 is 0 Å². The number of nitrogens with one attached hydrogen (secondary N) is 2. The zero-order valence-corrected chi connectivity index (χ0v) is 17.8. The number of nitrogens with zero attached hydrogens (tertiary/aromatic N) is 1. The van der Waals surface area contributed by atoms with Gasteiger partial charge in [0.15, 0.2) is 0 Å². The first-order valence-corrected chi connectivity index (χ1v) is 9.91. The number of rotatable bonds is 10. The zero-order chi connectivity index (χ0) is 22.3. The van der Waals surface area contributed by atoms with Crippen LogP contribution in [0.3, 0.4) is 0 Å². The fourth-order valence-electron chi connectivity index (χ4n) is 3.13. The van der Waals surface area contributed by atoms with Gasteiger partial charge < -0.3 is 20.1 Å². The van der Waals surface area contributed by atoms with Crippen LogP contribution in [0.25, 0.3) is 0 Å². The summed E-state index contributed by atoms with van der Waals surface area (Å²) >= 11 is 0. The quantitative estimate of drug-likeness (QED) is 0.434. The number of likely N-dealkylation sites (tertiary alicyclic amines) is 1. The van der Waals surface area contributed by atoms with Gasteiger partial charge in [-0.2, -0.15) is 0 Å². The molecule has 9 nitrogen and oxygen atoms in total. The van der Waals surface area contributed by atoms with Crippen LogP contribution in [0.1, 0.15) is 43.5 Å². The molecule has 2 rings (SSSR count). The van der Waals surface area contributed by atoms with Gasteiger partial charge in [0.1, 0.15) is 17.5 Å². The highest BCUT2D eigenvalue weighted by Gasteiger charge is 2.28. The van der Waals surface area contributed by atoms with Crippen LogP contribution in [-0.2, 0) is 14.4 Å². The molecule has 1 aromatic carbocycles. The Labute approximate surface area is 176 Å². The molecule has 1 atom stereocenters. The summed E-state index contributed by atoms with van der Waals surface area (Å²) in [5.74, 6) is -0.309. The number of benzene rings is 1. The Morgan fingerprint density at radius 3 is 2.10 bits per heavy atom. The molecule has 1 aliphatic rings. The lowest BCUT2D eigenvalue weighted by molar-refractivity contribution is -0.138. The van der Waals surface area contributed by atoms with E-state index in [1.54, 1.807) is 18.2 Å². The lowest BCUT2D eigenvalue weighted by Gasteiger charge is -2.22. The summed E-state index contributed by atoms with van der Waals surface area (Å²) in [6.45, 7) is 4.23. The molecule has 0 spiro atoms. The molecule has 0 aromatic heterocycles. The minimum atomic E-state index is -0.746. The third kappa shape index (κ3) is 5.95. The van der Waals surface area contributed by atoms with E-state index in [1.807, 2.05) is 13.8 Å². The second-order valence-corrected chi connectivity index (χ2v) is 7.38. The number of amides is 4. The normalized spacial score (nSPS) is 14.6. The highest BCUT2D eigenvalue weighted by molar-refractivity contribution is 6.02. The van der Waals surface area contributed by atoms with Crippen molar-refractivity contribution in [1.29, 1.82) is 0 Å². The number of ether oxygens (including phenoxy) is 2. The SMILES string of the molecule is COc1cc(OC)cc(C(=O)NC(C(=O)NCCCN2C(=O)CCC2=O)C(C)C)c1. The fraction of sp³-hybridized carbons (Fsp3) is 0.524. The molecule has 1 aromatic rings. The van der Waals surface area contributed by atoms with Crippen LogP contribution >= 0.6 is 0 Å². The maximum atomic E-state index is 12.7. The number of methoxy groups -OCH3 is 2. The summed E-state index contributed by atoms with van der Waals surface area (Å²) in [7, 11) is 2.98. The van der Waals surface area contributed by atoms with Crippen molar-refractivity contribution in [3.05, 3.63) is 23.8 Å². The van der Waals surface area contributed by atoms with Gasteiger partial charge in [-0.3, -0.25) is 24.1 Å². The Hall–Kier alpha value is -3.10. The highest BCUT2D eigenvalue weighted by atomic mass is 16.5. The molecule has 0 aliphatic carbocycles. The number of carbonyl (C=O) groups excluding carboxylic acids is 4. The van der Waals surface area contributed by atoms with E-state index in [0.29, 0.717) is 30.0 Å². The van der Waals surface area contributed by atoms with E-state index in [9.17, 15) is 19.2 Å². The first-order chi connectivity index (χ1) is 14.3. The van der Waals surface area contributed by atoms with Crippen LogP contribution < -0.4 is 20.1 Å². The van der Waals surface area contributed by atoms with E-state index in [1.165, 1.54) is 19.1 Å². The van der Waals surface area contributed by atoms with Gasteiger partial charge in [-0.15, -0.1) is 0 Å². The van der Waals surface area contributed by atoms with Crippen molar-refractivity contribution < 1.29 is 28.7 Å². The summed E-state index contributed by atoms with van der Waals surface area (Å²) in [4.78, 5) is 49.7. The topological polar surface area (TPSA) is 114 Å². The number of hydrogen-bond acceptors (Lipinski definition) is 6. The lowest BCUT2D eigenvalue weighted by Crippen LogP contribution is -2.50. The summed E-state index contributed by atoms with van der Waals surface area (Å²) in [5, 5.41) is 5.52. The monoisotopic (exact) mass is 419 g/mol. The Balaban J connectivity index is 1.93. The van der Waals surface area contributed by atoms with E-state index in [-0.39, 0.29) is 43.0 Å². The molecule has 4 amide bonds. The minimum absolute atomic E-state index is 0.150. The highest BCUT2D eigenvalue weighted by Crippen LogP contribution is 2.22. The van der Waals surface area contributed by atoms with Crippen LogP contribution in [0.4, 0.5) is 0 Å². The van der Waals surface area contributed by atoms with Crippen molar-refractivity contribution in [2.75, 3.05) is 27.3 Å². The van der Waals surface area contributed by atoms with Crippen LogP contribution in [0.5, 0.6) is 11.5 Å². The van der Waals surface area contributed by atoms with Gasteiger partial charge in [-0.1, -0.05) is 13.8 Å². The molecular weight excluding hydrogens is 390 g/mol. The first kappa shape index (κ1) is 23.2. The van der Waals surface area contributed by atoms with Gasteiger partial charge in [0.05, 0.1) is 14.2 Å². The third-order valence-corrected chi connectivity index (χ3v) is 4.86. The molecule has 2 N–H and O–H groups in total. The molecule has 1 unspecified atom stereocenters. The van der Waals surface area contributed by atoms with Crippen LogP contribution in [0.2, 0.25) is 0 Å².